The van der Waals surface area contributed by atoms with Gasteiger partial charge in [-0.15, -0.1) is 4.73 Å². The van der Waals surface area contributed by atoms with Gasteiger partial charge in [0.1, 0.15) is 6.73 Å². The van der Waals surface area contributed by atoms with Crippen LogP contribution in [0.2, 0.25) is 0 Å². The summed E-state index contributed by atoms with van der Waals surface area (Å²) in [6.07, 6.45) is 1.10. The highest BCUT2D eigenvalue weighted by molar-refractivity contribution is 7.53. The fraction of sp³-hybridized carbons (Fsp3) is 0.667. The average Bonchev–Trinajstić information content (AvgIpc) is 2.45. The summed E-state index contributed by atoms with van der Waals surface area (Å²) in [5.41, 5.74) is -1.23. The van der Waals surface area contributed by atoms with E-state index in [1.54, 1.807) is 13.8 Å². The number of hydrogen-bond acceptors (Lipinski definition) is 5. The second kappa shape index (κ2) is 6.78. The minimum Gasteiger partial charge on any atom is -0.390 e. The third kappa shape index (κ3) is 3.33. The lowest BCUT2D eigenvalue weighted by atomic mass is 10.2. The second-order valence-electron chi connectivity index (χ2n) is 4.86. The number of nitrogens with zero attached hydrogens (tertiary/aromatic N) is 2. The van der Waals surface area contributed by atoms with E-state index in [1.165, 1.54) is 14.0 Å². The molecule has 0 radical (unpaired) electrons. The van der Waals surface area contributed by atoms with Crippen molar-refractivity contribution in [2.75, 3.05) is 7.11 Å². The van der Waals surface area contributed by atoms with Crippen LogP contribution in [0.5, 0.6) is 0 Å². The summed E-state index contributed by atoms with van der Waals surface area (Å²) in [6.45, 7) is 4.27. The Balaban J connectivity index is 3.49. The fourth-order valence-corrected chi connectivity index (χ4v) is 3.06. The molecule has 9 nitrogen and oxygen atoms in total. The van der Waals surface area contributed by atoms with Crippen molar-refractivity contribution >= 4 is 7.60 Å². The topological polar surface area (TPSA) is 120 Å². The Hall–Kier alpha value is -1.41. The first-order valence-corrected chi connectivity index (χ1v) is 8.32. The van der Waals surface area contributed by atoms with Crippen molar-refractivity contribution in [2.45, 2.75) is 45.7 Å². The number of rotatable bonds is 7. The zero-order chi connectivity index (χ0) is 17.1. The van der Waals surface area contributed by atoms with Crippen molar-refractivity contribution in [1.29, 1.82) is 0 Å². The van der Waals surface area contributed by atoms with E-state index in [4.69, 9.17) is 9.57 Å². The lowest BCUT2D eigenvalue weighted by Crippen LogP contribution is -2.49. The molecule has 0 aromatic carbocycles. The minimum absolute atomic E-state index is 0.0112. The van der Waals surface area contributed by atoms with E-state index in [0.29, 0.717) is 4.73 Å². The van der Waals surface area contributed by atoms with Crippen LogP contribution in [0.3, 0.4) is 0 Å². The van der Waals surface area contributed by atoms with E-state index in [0.717, 1.165) is 10.8 Å². The maximum atomic E-state index is 12.2. The van der Waals surface area contributed by atoms with E-state index in [9.17, 15) is 23.9 Å². The second-order valence-corrected chi connectivity index (χ2v) is 6.76. The Bertz CT molecular complexity index is 684. The van der Waals surface area contributed by atoms with Crippen LogP contribution < -0.4 is 16.1 Å². The Morgan fingerprint density at radius 3 is 2.23 bits per heavy atom. The summed E-state index contributed by atoms with van der Waals surface area (Å²) >= 11 is 0. The summed E-state index contributed by atoms with van der Waals surface area (Å²) in [5.74, 6) is 0. The molecule has 126 valence electrons. The zero-order valence-electron chi connectivity index (χ0n) is 13.0. The van der Waals surface area contributed by atoms with Gasteiger partial charge in [-0.3, -0.25) is 9.36 Å². The van der Waals surface area contributed by atoms with E-state index in [1.807, 2.05) is 0 Å². The van der Waals surface area contributed by atoms with Gasteiger partial charge in [0.2, 0.25) is 5.34 Å². The van der Waals surface area contributed by atoms with Gasteiger partial charge >= 0.3 is 13.3 Å². The van der Waals surface area contributed by atoms with Gasteiger partial charge in [0.25, 0.3) is 5.56 Å². The van der Waals surface area contributed by atoms with Gasteiger partial charge < -0.3 is 19.4 Å². The molecule has 0 amide bonds. The Morgan fingerprint density at radius 2 is 1.82 bits per heavy atom. The molecule has 0 spiro atoms. The van der Waals surface area contributed by atoms with Crippen molar-refractivity contribution in [3.63, 3.8) is 0 Å². The quantitative estimate of drug-likeness (QED) is 0.675. The minimum atomic E-state index is -4.65. The number of hydrogen-bond donors (Lipinski definition) is 2. The lowest BCUT2D eigenvalue weighted by molar-refractivity contribution is -0.0292. The van der Waals surface area contributed by atoms with Gasteiger partial charge in [0, 0.05) is 12.7 Å². The highest BCUT2D eigenvalue weighted by atomic mass is 31.2. The Labute approximate surface area is 127 Å². The summed E-state index contributed by atoms with van der Waals surface area (Å²) in [6, 6.07) is 0. The molecular weight excluding hydrogens is 315 g/mol. The van der Waals surface area contributed by atoms with Crippen LogP contribution >= 0.6 is 7.60 Å². The molecule has 0 saturated heterocycles. The summed E-state index contributed by atoms with van der Waals surface area (Å²) < 4.78 is 18.0. The number of ether oxygens (including phenoxy) is 1. The highest BCUT2D eigenvalue weighted by Crippen LogP contribution is 2.53. The molecule has 22 heavy (non-hydrogen) atoms. The van der Waals surface area contributed by atoms with Crippen LogP contribution in [0.4, 0.5) is 0 Å². The van der Waals surface area contributed by atoms with Gasteiger partial charge in [-0.05, 0) is 19.8 Å². The third-order valence-corrected chi connectivity index (χ3v) is 5.25. The van der Waals surface area contributed by atoms with Crippen LogP contribution in [-0.2, 0) is 16.0 Å². The van der Waals surface area contributed by atoms with Crippen molar-refractivity contribution < 1.29 is 23.9 Å². The van der Waals surface area contributed by atoms with Gasteiger partial charge in [-0.2, -0.15) is 0 Å². The molecule has 1 aromatic heterocycles. The van der Waals surface area contributed by atoms with Crippen LogP contribution in [0.15, 0.2) is 15.8 Å². The largest absolute Gasteiger partial charge is 0.390 e. The molecule has 0 aliphatic heterocycles. The molecule has 1 heterocycles. The van der Waals surface area contributed by atoms with Gasteiger partial charge in [-0.1, -0.05) is 13.8 Å². The molecule has 1 aromatic rings. The van der Waals surface area contributed by atoms with Crippen molar-refractivity contribution in [3.8, 4) is 0 Å². The van der Waals surface area contributed by atoms with Crippen molar-refractivity contribution in [2.24, 2.45) is 0 Å². The monoisotopic (exact) mass is 336 g/mol. The van der Waals surface area contributed by atoms with Gasteiger partial charge in [0.15, 0.2) is 0 Å². The fourth-order valence-electron chi connectivity index (χ4n) is 2.04. The summed E-state index contributed by atoms with van der Waals surface area (Å²) in [4.78, 5) is 48.6. The van der Waals surface area contributed by atoms with Gasteiger partial charge in [0.05, 0.1) is 6.20 Å². The van der Waals surface area contributed by atoms with Crippen LogP contribution in [0.1, 0.15) is 32.3 Å². The SMILES string of the molecule is CCC(CC)(On1cc(C)c(=O)n(COC)c1=O)P(=O)(O)O. The highest BCUT2D eigenvalue weighted by Gasteiger charge is 2.47. The molecule has 0 saturated carbocycles. The summed E-state index contributed by atoms with van der Waals surface area (Å²) in [7, 11) is -3.33. The molecule has 0 atom stereocenters. The van der Waals surface area contributed by atoms with Crippen LogP contribution in [0, 0.1) is 6.92 Å². The third-order valence-electron chi connectivity index (χ3n) is 3.48. The van der Waals surface area contributed by atoms with Crippen LogP contribution in [-0.4, -0.2) is 31.5 Å². The number of aryl methyl sites for hydroxylation is 1. The van der Waals surface area contributed by atoms with Gasteiger partial charge in [-0.25, -0.2) is 9.36 Å². The molecule has 0 unspecified atom stereocenters. The van der Waals surface area contributed by atoms with Crippen LogP contribution in [0.25, 0.3) is 0 Å². The number of aromatic nitrogens is 2. The first-order valence-electron chi connectivity index (χ1n) is 6.70. The number of methoxy groups -OCH3 is 1. The average molecular weight is 336 g/mol. The normalized spacial score (nSPS) is 12.5. The molecule has 0 bridgehead atoms. The zero-order valence-corrected chi connectivity index (χ0v) is 13.9. The molecule has 0 aliphatic carbocycles. The van der Waals surface area contributed by atoms with E-state index in [-0.39, 0.29) is 25.1 Å². The van der Waals surface area contributed by atoms with E-state index in [2.05, 4.69) is 0 Å². The standard InChI is InChI=1S/C12H21N2O7P/c1-5-12(6-2,22(17,18)19)21-14-7-9(3)10(15)13(8-20-4)11(14)16/h7H,5-6,8H2,1-4H3,(H2,17,18,19). The van der Waals surface area contributed by atoms with E-state index < -0.39 is 24.2 Å². The van der Waals surface area contributed by atoms with E-state index >= 15 is 0 Å². The van der Waals surface area contributed by atoms with Crippen molar-refractivity contribution in [1.82, 2.24) is 9.30 Å². The lowest BCUT2D eigenvalue weighted by Gasteiger charge is -2.32. The molecule has 0 fully saturated rings. The molecule has 10 heteroatoms. The first kappa shape index (κ1) is 18.6. The smallest absolute Gasteiger partial charge is 0.371 e. The Morgan fingerprint density at radius 1 is 1.27 bits per heavy atom. The molecule has 0 aliphatic rings. The van der Waals surface area contributed by atoms with Crippen molar-refractivity contribution in [3.05, 3.63) is 32.6 Å². The maximum absolute atomic E-state index is 12.2. The first-order chi connectivity index (χ1) is 10.1. The molecule has 2 N–H and O–H groups in total. The predicted molar refractivity (Wildman–Crippen MR) is 78.6 cm³/mol. The molecular formula is C12H21N2O7P. The maximum Gasteiger partial charge on any atom is 0.371 e. The Kier molecular flexibility index (Phi) is 5.75. The predicted octanol–water partition coefficient (Wildman–Crippen LogP) is 0.0449. The molecule has 1 rings (SSSR count). The summed E-state index contributed by atoms with van der Waals surface area (Å²) in [5, 5.41) is -1.83.